The van der Waals surface area contributed by atoms with E-state index in [1.165, 1.54) is 38.1 Å². The van der Waals surface area contributed by atoms with Gasteiger partial charge in [-0.3, -0.25) is 28.8 Å². The fraction of sp³-hybridized carbons (Fsp3) is 0.355. The number of fused-ring (bicyclic) bond motifs is 1. The van der Waals surface area contributed by atoms with E-state index in [-0.39, 0.29) is 33.8 Å². The Hall–Kier alpha value is -5.24. The molecule has 0 saturated carbocycles. The van der Waals surface area contributed by atoms with E-state index in [4.69, 9.17) is 32.8 Å². The maximum Gasteiger partial charge on any atom is 0.308 e. The summed E-state index contributed by atoms with van der Waals surface area (Å²) in [7, 11) is 0. The summed E-state index contributed by atoms with van der Waals surface area (Å²) in [5.41, 5.74) is -0.800. The molecule has 45 heavy (non-hydrogen) atoms. The van der Waals surface area contributed by atoms with Gasteiger partial charge in [-0.25, -0.2) is 0 Å². The lowest BCUT2D eigenvalue weighted by molar-refractivity contribution is -0.245. The van der Waals surface area contributed by atoms with Crippen LogP contribution in [0.1, 0.15) is 53.2 Å². The Bertz CT molecular complexity index is 1720. The van der Waals surface area contributed by atoms with Crippen molar-refractivity contribution in [2.24, 2.45) is 0 Å². The number of ether oxygens (including phenoxy) is 6. The highest BCUT2D eigenvalue weighted by Gasteiger charge is 2.52. The molecule has 4 rings (SSSR count). The molecule has 1 fully saturated rings. The van der Waals surface area contributed by atoms with E-state index in [0.717, 1.165) is 39.8 Å². The summed E-state index contributed by atoms with van der Waals surface area (Å²) in [6.07, 6.45) is -6.70. The molecular weight excluding hydrogens is 596 g/mol. The number of hydrogen-bond acceptors (Lipinski definition) is 14. The zero-order valence-electron chi connectivity index (χ0n) is 25.1. The van der Waals surface area contributed by atoms with Gasteiger partial charge in [0, 0.05) is 52.3 Å². The van der Waals surface area contributed by atoms with Crippen molar-refractivity contribution < 1.29 is 61.9 Å². The topological polar surface area (TPSA) is 191 Å². The van der Waals surface area contributed by atoms with Crippen LogP contribution in [0, 0.1) is 0 Å². The van der Waals surface area contributed by atoms with Crippen LogP contribution in [0.15, 0.2) is 45.6 Å². The second kappa shape index (κ2) is 13.2. The molecule has 14 nitrogen and oxygen atoms in total. The molecule has 14 heteroatoms. The summed E-state index contributed by atoms with van der Waals surface area (Å²) in [6.45, 7) is 7.15. The van der Waals surface area contributed by atoms with Crippen LogP contribution in [0.2, 0.25) is 0 Å². The molecule has 238 valence electrons. The van der Waals surface area contributed by atoms with Crippen molar-refractivity contribution >= 4 is 40.8 Å². The van der Waals surface area contributed by atoms with Crippen molar-refractivity contribution in [1.29, 1.82) is 0 Å². The van der Waals surface area contributed by atoms with Crippen molar-refractivity contribution in [3.8, 4) is 28.6 Å². The number of aromatic hydroxyl groups is 1. The highest BCUT2D eigenvalue weighted by molar-refractivity contribution is 5.90. The number of phenolic OH excluding ortho intramolecular Hbond substituents is 1. The minimum absolute atomic E-state index is 0.00952. The van der Waals surface area contributed by atoms with Crippen LogP contribution < -0.4 is 14.9 Å². The first kappa shape index (κ1) is 32.7. The van der Waals surface area contributed by atoms with Gasteiger partial charge in [-0.05, 0) is 31.2 Å². The maximum atomic E-state index is 13.4. The van der Waals surface area contributed by atoms with Crippen LogP contribution in [0.4, 0.5) is 0 Å². The smallest absolute Gasteiger partial charge is 0.308 e. The van der Waals surface area contributed by atoms with Gasteiger partial charge in [-0.2, -0.15) is 0 Å². The van der Waals surface area contributed by atoms with E-state index >= 15 is 0 Å². The van der Waals surface area contributed by atoms with Crippen molar-refractivity contribution in [2.45, 2.75) is 72.1 Å². The van der Waals surface area contributed by atoms with Gasteiger partial charge in [0.15, 0.2) is 29.3 Å². The number of phenols is 1. The normalized spacial score (nSPS) is 21.0. The van der Waals surface area contributed by atoms with Gasteiger partial charge in [0.05, 0.1) is 11.7 Å². The van der Waals surface area contributed by atoms with Crippen molar-refractivity contribution in [2.75, 3.05) is 0 Å². The van der Waals surface area contributed by atoms with Crippen LogP contribution in [0.25, 0.3) is 22.3 Å². The van der Waals surface area contributed by atoms with Crippen LogP contribution in [-0.4, -0.2) is 59.4 Å². The minimum atomic E-state index is -1.54. The Morgan fingerprint density at radius 3 is 1.84 bits per heavy atom. The number of rotatable bonds is 7. The molecule has 0 amide bonds. The van der Waals surface area contributed by atoms with Crippen LogP contribution in [-0.2, 0) is 42.9 Å². The second-order valence-electron chi connectivity index (χ2n) is 10.2. The monoisotopic (exact) mass is 626 g/mol. The predicted octanol–water partition coefficient (Wildman–Crippen LogP) is 3.27. The van der Waals surface area contributed by atoms with Gasteiger partial charge >= 0.3 is 29.8 Å². The quantitative estimate of drug-likeness (QED) is 0.228. The SMILES string of the molecule is CC(=O)Oc1ccc(-c2cc(=O)c3c(O)cc(OC(C)=O)c(C4OC(C)C(OC(C)=O)C(OC(C)=O)C4OC(C)=O)c3o2)cc1. The summed E-state index contributed by atoms with van der Waals surface area (Å²) < 4.78 is 39.2. The van der Waals surface area contributed by atoms with E-state index < -0.39 is 71.5 Å². The summed E-state index contributed by atoms with van der Waals surface area (Å²) >= 11 is 0. The predicted molar refractivity (Wildman–Crippen MR) is 152 cm³/mol. The largest absolute Gasteiger partial charge is 0.507 e. The Labute approximate surface area is 255 Å². The van der Waals surface area contributed by atoms with E-state index in [1.54, 1.807) is 0 Å². The molecule has 0 spiro atoms. The van der Waals surface area contributed by atoms with E-state index in [0.29, 0.717) is 5.56 Å². The summed E-state index contributed by atoms with van der Waals surface area (Å²) in [6, 6.07) is 8.08. The summed E-state index contributed by atoms with van der Waals surface area (Å²) in [5, 5.41) is 10.5. The van der Waals surface area contributed by atoms with Crippen LogP contribution >= 0.6 is 0 Å². The van der Waals surface area contributed by atoms with Crippen molar-refractivity contribution in [1.82, 2.24) is 0 Å². The third-order valence-electron chi connectivity index (χ3n) is 6.60. The van der Waals surface area contributed by atoms with Gasteiger partial charge in [0.1, 0.15) is 34.5 Å². The molecule has 0 radical (unpaired) electrons. The molecule has 2 heterocycles. The lowest BCUT2D eigenvalue weighted by Crippen LogP contribution is -2.57. The third kappa shape index (κ3) is 7.29. The molecule has 1 N–H and O–H groups in total. The number of esters is 5. The molecule has 0 bridgehead atoms. The minimum Gasteiger partial charge on any atom is -0.507 e. The fourth-order valence-corrected chi connectivity index (χ4v) is 5.06. The lowest BCUT2D eigenvalue weighted by atomic mass is 9.89. The molecule has 5 atom stereocenters. The number of carbonyl (C=O) groups is 5. The Morgan fingerprint density at radius 2 is 1.29 bits per heavy atom. The van der Waals surface area contributed by atoms with Crippen molar-refractivity contribution in [3.05, 3.63) is 52.2 Å². The Balaban J connectivity index is 2.01. The molecule has 1 saturated heterocycles. The first-order valence-electron chi connectivity index (χ1n) is 13.6. The third-order valence-corrected chi connectivity index (χ3v) is 6.60. The molecule has 1 aromatic heterocycles. The average molecular weight is 627 g/mol. The summed E-state index contributed by atoms with van der Waals surface area (Å²) in [5.74, 6) is -4.43. The first-order chi connectivity index (χ1) is 21.2. The number of carbonyl (C=O) groups excluding carboxylic acids is 5. The first-order valence-corrected chi connectivity index (χ1v) is 13.6. The zero-order valence-corrected chi connectivity index (χ0v) is 25.1. The number of hydrogen-bond donors (Lipinski definition) is 1. The van der Waals surface area contributed by atoms with Crippen molar-refractivity contribution in [3.63, 3.8) is 0 Å². The standard InChI is InChI=1S/C31H30O14/c1-13-27(42-16(4)34)30(43-17(5)35)31(44-18(6)36)29(39-13)26-24(41-15(3)33)12-22(38)25-21(37)11-23(45-28(25)26)19-7-9-20(10-8-19)40-14(2)32/h7-13,27,29-31,38H,1-6H3. The van der Waals surface area contributed by atoms with Crippen LogP contribution in [0.3, 0.4) is 0 Å². The average Bonchev–Trinajstić information content (AvgIpc) is 2.91. The number of benzene rings is 2. The van der Waals surface area contributed by atoms with E-state index in [2.05, 4.69) is 0 Å². The highest BCUT2D eigenvalue weighted by Crippen LogP contribution is 2.46. The highest BCUT2D eigenvalue weighted by atomic mass is 16.6. The summed E-state index contributed by atoms with van der Waals surface area (Å²) in [4.78, 5) is 73.4. The second-order valence-corrected chi connectivity index (χ2v) is 10.2. The molecule has 0 aliphatic carbocycles. The van der Waals surface area contributed by atoms with Gasteiger partial charge < -0.3 is 37.9 Å². The lowest BCUT2D eigenvalue weighted by Gasteiger charge is -2.44. The van der Waals surface area contributed by atoms with Gasteiger partial charge in [-0.1, -0.05) is 0 Å². The molecule has 1 aliphatic heterocycles. The zero-order chi connectivity index (χ0) is 33.2. The Morgan fingerprint density at radius 1 is 0.733 bits per heavy atom. The van der Waals surface area contributed by atoms with Crippen LogP contribution in [0.5, 0.6) is 17.2 Å². The van der Waals surface area contributed by atoms with Gasteiger partial charge in [0.2, 0.25) is 0 Å². The molecule has 2 aromatic carbocycles. The van der Waals surface area contributed by atoms with Gasteiger partial charge in [0.25, 0.3) is 0 Å². The maximum absolute atomic E-state index is 13.4. The fourth-order valence-electron chi connectivity index (χ4n) is 5.06. The molecule has 3 aromatic rings. The molecule has 5 unspecified atom stereocenters. The van der Waals surface area contributed by atoms with E-state index in [1.807, 2.05) is 0 Å². The van der Waals surface area contributed by atoms with E-state index in [9.17, 15) is 33.9 Å². The Kier molecular flexibility index (Phi) is 9.57. The van der Waals surface area contributed by atoms with Gasteiger partial charge in [-0.15, -0.1) is 0 Å². The molecule has 1 aliphatic rings. The molecular formula is C31H30O14.